The largest absolute Gasteiger partial charge is 0.356 e. The second kappa shape index (κ2) is 8.77. The van der Waals surface area contributed by atoms with Gasteiger partial charge < -0.3 is 10.6 Å². The molecule has 0 bridgehead atoms. The molecule has 0 aromatic heterocycles. The van der Waals surface area contributed by atoms with Crippen molar-refractivity contribution in [1.29, 1.82) is 0 Å². The van der Waals surface area contributed by atoms with Crippen LogP contribution in [0.15, 0.2) is 12.7 Å². The molecule has 0 aromatic rings. The summed E-state index contributed by atoms with van der Waals surface area (Å²) in [5.41, 5.74) is 0. The van der Waals surface area contributed by atoms with Crippen molar-refractivity contribution >= 4 is 11.8 Å². The molecule has 2 N–H and O–H groups in total. The van der Waals surface area contributed by atoms with E-state index in [0.29, 0.717) is 12.5 Å². The van der Waals surface area contributed by atoms with Gasteiger partial charge in [-0.1, -0.05) is 19.9 Å². The Balaban J connectivity index is 2.25. The van der Waals surface area contributed by atoms with Gasteiger partial charge in [0.2, 0.25) is 11.8 Å². The summed E-state index contributed by atoms with van der Waals surface area (Å²) in [5.74, 6) is 1.03. The number of rotatable bonds is 7. The summed E-state index contributed by atoms with van der Waals surface area (Å²) >= 11 is 0. The van der Waals surface area contributed by atoms with Crippen LogP contribution in [0.4, 0.5) is 0 Å². The molecule has 0 unspecified atom stereocenters. The lowest BCUT2D eigenvalue weighted by Gasteiger charge is -2.27. The maximum Gasteiger partial charge on any atom is 0.223 e. The lowest BCUT2D eigenvalue weighted by atomic mass is 9.81. The Morgan fingerprint density at radius 3 is 2.05 bits per heavy atom. The van der Waals surface area contributed by atoms with Crippen molar-refractivity contribution in [3.05, 3.63) is 12.7 Å². The zero-order chi connectivity index (χ0) is 15.0. The van der Waals surface area contributed by atoms with Crippen LogP contribution in [-0.2, 0) is 9.59 Å². The SMILES string of the molecule is C=CCNC(=O)C1CCC(C(=O)NCCC(C)C)CC1. The van der Waals surface area contributed by atoms with Gasteiger partial charge in [0.1, 0.15) is 0 Å². The number of amides is 2. The van der Waals surface area contributed by atoms with E-state index in [2.05, 4.69) is 31.1 Å². The first-order chi connectivity index (χ1) is 9.54. The molecule has 1 aliphatic rings. The topological polar surface area (TPSA) is 58.2 Å². The summed E-state index contributed by atoms with van der Waals surface area (Å²) in [7, 11) is 0. The van der Waals surface area contributed by atoms with Crippen LogP contribution in [0.25, 0.3) is 0 Å². The van der Waals surface area contributed by atoms with Gasteiger partial charge >= 0.3 is 0 Å². The molecular formula is C16H28N2O2. The van der Waals surface area contributed by atoms with E-state index in [1.807, 2.05) is 0 Å². The molecule has 2 amide bonds. The van der Waals surface area contributed by atoms with Crippen molar-refractivity contribution in [2.75, 3.05) is 13.1 Å². The molecule has 1 rings (SSSR count). The Bertz CT molecular complexity index is 331. The van der Waals surface area contributed by atoms with E-state index in [-0.39, 0.29) is 23.7 Å². The summed E-state index contributed by atoms with van der Waals surface area (Å²) < 4.78 is 0. The maximum absolute atomic E-state index is 12.0. The van der Waals surface area contributed by atoms with Crippen LogP contribution >= 0.6 is 0 Å². The van der Waals surface area contributed by atoms with Gasteiger partial charge in [-0.3, -0.25) is 9.59 Å². The molecule has 0 aliphatic heterocycles. The van der Waals surface area contributed by atoms with Gasteiger partial charge in [-0.15, -0.1) is 6.58 Å². The molecule has 1 aliphatic carbocycles. The molecule has 0 radical (unpaired) electrons. The van der Waals surface area contributed by atoms with Crippen molar-refractivity contribution in [2.24, 2.45) is 17.8 Å². The van der Waals surface area contributed by atoms with Crippen LogP contribution < -0.4 is 10.6 Å². The third-order valence-corrected chi connectivity index (χ3v) is 3.91. The Kier molecular flexibility index (Phi) is 7.34. The Labute approximate surface area is 122 Å². The molecule has 1 saturated carbocycles. The third kappa shape index (κ3) is 5.76. The predicted octanol–water partition coefficient (Wildman–Crippen LogP) is 2.26. The number of carbonyl (C=O) groups excluding carboxylic acids is 2. The van der Waals surface area contributed by atoms with E-state index in [1.165, 1.54) is 0 Å². The minimum Gasteiger partial charge on any atom is -0.356 e. The van der Waals surface area contributed by atoms with Crippen LogP contribution in [0.3, 0.4) is 0 Å². The molecule has 0 aromatic carbocycles. The minimum absolute atomic E-state index is 0.0645. The molecule has 0 atom stereocenters. The normalized spacial score (nSPS) is 22.4. The summed E-state index contributed by atoms with van der Waals surface area (Å²) in [6, 6.07) is 0. The Hall–Kier alpha value is -1.32. The van der Waals surface area contributed by atoms with Gasteiger partial charge in [0, 0.05) is 24.9 Å². The first-order valence-corrected chi connectivity index (χ1v) is 7.71. The van der Waals surface area contributed by atoms with Crippen LogP contribution in [-0.4, -0.2) is 24.9 Å². The molecule has 0 saturated heterocycles. The van der Waals surface area contributed by atoms with Crippen molar-refractivity contribution in [1.82, 2.24) is 10.6 Å². The van der Waals surface area contributed by atoms with Gasteiger partial charge in [0.05, 0.1) is 0 Å². The van der Waals surface area contributed by atoms with Gasteiger partial charge in [-0.05, 0) is 38.0 Å². The molecule has 1 fully saturated rings. The zero-order valence-corrected chi connectivity index (χ0v) is 12.8. The van der Waals surface area contributed by atoms with Crippen LogP contribution in [0.2, 0.25) is 0 Å². The second-order valence-electron chi connectivity index (χ2n) is 6.06. The average molecular weight is 280 g/mol. The van der Waals surface area contributed by atoms with Crippen LogP contribution in [0.5, 0.6) is 0 Å². The maximum atomic E-state index is 12.0. The molecule has 4 nitrogen and oxygen atoms in total. The summed E-state index contributed by atoms with van der Waals surface area (Å²) in [5, 5.41) is 5.84. The first kappa shape index (κ1) is 16.7. The highest BCUT2D eigenvalue weighted by molar-refractivity contribution is 5.81. The van der Waals surface area contributed by atoms with Gasteiger partial charge in [0.25, 0.3) is 0 Å². The molecule has 4 heteroatoms. The standard InChI is InChI=1S/C16H28N2O2/c1-4-10-17-15(19)13-5-7-14(8-6-13)16(20)18-11-9-12(2)3/h4,12-14H,1,5-11H2,2-3H3,(H,17,19)(H,18,20). The lowest BCUT2D eigenvalue weighted by molar-refractivity contribution is -0.130. The second-order valence-corrected chi connectivity index (χ2v) is 6.06. The molecule has 0 heterocycles. The number of nitrogens with one attached hydrogen (secondary N) is 2. The van der Waals surface area contributed by atoms with E-state index >= 15 is 0 Å². The number of hydrogen-bond acceptors (Lipinski definition) is 2. The van der Waals surface area contributed by atoms with Crippen molar-refractivity contribution in [3.8, 4) is 0 Å². The monoisotopic (exact) mass is 280 g/mol. The van der Waals surface area contributed by atoms with Gasteiger partial charge in [-0.25, -0.2) is 0 Å². The highest BCUT2D eigenvalue weighted by atomic mass is 16.2. The quantitative estimate of drug-likeness (QED) is 0.703. The van der Waals surface area contributed by atoms with E-state index in [9.17, 15) is 9.59 Å². The van der Waals surface area contributed by atoms with E-state index in [4.69, 9.17) is 0 Å². The summed E-state index contributed by atoms with van der Waals surface area (Å²) in [4.78, 5) is 23.8. The number of carbonyl (C=O) groups is 2. The van der Waals surface area contributed by atoms with Crippen molar-refractivity contribution in [2.45, 2.75) is 46.0 Å². The van der Waals surface area contributed by atoms with Crippen LogP contribution in [0.1, 0.15) is 46.0 Å². The first-order valence-electron chi connectivity index (χ1n) is 7.71. The fourth-order valence-electron chi connectivity index (χ4n) is 2.56. The van der Waals surface area contributed by atoms with Crippen molar-refractivity contribution in [3.63, 3.8) is 0 Å². The van der Waals surface area contributed by atoms with Crippen LogP contribution in [0, 0.1) is 17.8 Å². The molecule has 20 heavy (non-hydrogen) atoms. The summed E-state index contributed by atoms with van der Waals surface area (Å²) in [6.45, 7) is 9.17. The minimum atomic E-state index is 0.0645. The summed E-state index contributed by atoms with van der Waals surface area (Å²) in [6.07, 6.45) is 5.96. The molecule has 0 spiro atoms. The zero-order valence-electron chi connectivity index (χ0n) is 12.8. The average Bonchev–Trinajstić information content (AvgIpc) is 2.44. The van der Waals surface area contributed by atoms with E-state index < -0.39 is 0 Å². The highest BCUT2D eigenvalue weighted by Crippen LogP contribution is 2.29. The van der Waals surface area contributed by atoms with E-state index in [1.54, 1.807) is 6.08 Å². The predicted molar refractivity (Wildman–Crippen MR) is 81.1 cm³/mol. The smallest absolute Gasteiger partial charge is 0.223 e. The Morgan fingerprint density at radius 1 is 1.10 bits per heavy atom. The fraction of sp³-hybridized carbons (Fsp3) is 0.750. The number of hydrogen-bond donors (Lipinski definition) is 2. The van der Waals surface area contributed by atoms with Gasteiger partial charge in [-0.2, -0.15) is 0 Å². The molecule has 114 valence electrons. The fourth-order valence-corrected chi connectivity index (χ4v) is 2.56. The lowest BCUT2D eigenvalue weighted by Crippen LogP contribution is -2.38. The highest BCUT2D eigenvalue weighted by Gasteiger charge is 2.29. The van der Waals surface area contributed by atoms with E-state index in [0.717, 1.165) is 38.6 Å². The Morgan fingerprint density at radius 2 is 1.60 bits per heavy atom. The van der Waals surface area contributed by atoms with Gasteiger partial charge in [0.15, 0.2) is 0 Å². The van der Waals surface area contributed by atoms with Crippen molar-refractivity contribution < 1.29 is 9.59 Å². The molecular weight excluding hydrogens is 252 g/mol. The third-order valence-electron chi connectivity index (χ3n) is 3.91.